The summed E-state index contributed by atoms with van der Waals surface area (Å²) in [4.78, 5) is 11.3. The Kier molecular flexibility index (Phi) is 2.81. The van der Waals surface area contributed by atoms with Crippen molar-refractivity contribution in [2.24, 2.45) is 17.8 Å². The Balaban J connectivity index is 2.86. The Hall–Kier alpha value is -0.370. The van der Waals surface area contributed by atoms with Gasteiger partial charge in [0.05, 0.1) is 5.60 Å². The van der Waals surface area contributed by atoms with E-state index in [4.69, 9.17) is 0 Å². The number of hydrogen-bond acceptors (Lipinski definition) is 2. The van der Waals surface area contributed by atoms with E-state index >= 15 is 0 Å². The van der Waals surface area contributed by atoms with Crippen LogP contribution in [-0.4, -0.2) is 16.5 Å². The Bertz CT molecular complexity index is 206. The molecule has 0 radical (unpaired) electrons. The average Bonchev–Trinajstić information content (AvgIpc) is 2.24. The molecular formula is C11H20O2. The van der Waals surface area contributed by atoms with E-state index in [1.807, 2.05) is 6.92 Å². The highest BCUT2D eigenvalue weighted by Crippen LogP contribution is 2.44. The van der Waals surface area contributed by atoms with Gasteiger partial charge in [0.25, 0.3) is 0 Å². The number of rotatable bonds is 2. The molecule has 0 spiro atoms. The van der Waals surface area contributed by atoms with Crippen molar-refractivity contribution in [1.82, 2.24) is 0 Å². The lowest BCUT2D eigenvalue weighted by Crippen LogP contribution is -2.37. The van der Waals surface area contributed by atoms with Gasteiger partial charge in [-0.2, -0.15) is 0 Å². The predicted octanol–water partition coefficient (Wildman–Crippen LogP) is 2.01. The number of Topliss-reactive ketones (excluding diaryl/α,β-unsaturated/α-hetero) is 1. The van der Waals surface area contributed by atoms with Crippen LogP contribution in [0, 0.1) is 17.8 Å². The number of carbonyl (C=O) groups is 1. The molecule has 0 aliphatic heterocycles. The highest BCUT2D eigenvalue weighted by molar-refractivity contribution is 5.79. The highest BCUT2D eigenvalue weighted by atomic mass is 16.3. The normalized spacial score (nSPS) is 39.8. The topological polar surface area (TPSA) is 37.3 Å². The summed E-state index contributed by atoms with van der Waals surface area (Å²) >= 11 is 0. The molecule has 1 aliphatic rings. The first kappa shape index (κ1) is 10.7. The van der Waals surface area contributed by atoms with Crippen LogP contribution in [-0.2, 0) is 4.79 Å². The van der Waals surface area contributed by atoms with Gasteiger partial charge in [-0.1, -0.05) is 13.8 Å². The lowest BCUT2D eigenvalue weighted by atomic mass is 9.77. The van der Waals surface area contributed by atoms with Gasteiger partial charge in [-0.05, 0) is 38.5 Å². The molecule has 0 heterocycles. The van der Waals surface area contributed by atoms with E-state index in [1.165, 1.54) is 0 Å². The molecule has 0 aromatic heterocycles. The molecule has 0 saturated heterocycles. The van der Waals surface area contributed by atoms with E-state index in [-0.39, 0.29) is 17.6 Å². The zero-order valence-corrected chi connectivity index (χ0v) is 9.00. The van der Waals surface area contributed by atoms with Crippen LogP contribution >= 0.6 is 0 Å². The molecule has 1 saturated carbocycles. The summed E-state index contributed by atoms with van der Waals surface area (Å²) in [7, 11) is 0. The molecule has 0 aromatic carbocycles. The fraction of sp³-hybridized carbons (Fsp3) is 0.909. The minimum absolute atomic E-state index is 0.0787. The largest absolute Gasteiger partial charge is 0.390 e. The van der Waals surface area contributed by atoms with Gasteiger partial charge in [0.15, 0.2) is 0 Å². The van der Waals surface area contributed by atoms with Gasteiger partial charge < -0.3 is 5.11 Å². The Morgan fingerprint density at radius 3 is 2.38 bits per heavy atom. The maximum absolute atomic E-state index is 11.3. The molecule has 2 heteroatoms. The van der Waals surface area contributed by atoms with Crippen LogP contribution in [0.3, 0.4) is 0 Å². The van der Waals surface area contributed by atoms with E-state index in [9.17, 15) is 9.90 Å². The molecule has 76 valence electrons. The first-order chi connectivity index (χ1) is 5.86. The highest BCUT2D eigenvalue weighted by Gasteiger charge is 2.46. The van der Waals surface area contributed by atoms with Crippen molar-refractivity contribution < 1.29 is 9.90 Å². The molecule has 1 N–H and O–H groups in total. The molecule has 0 unspecified atom stereocenters. The maximum Gasteiger partial charge on any atom is 0.133 e. The number of hydrogen-bond donors (Lipinski definition) is 1. The Morgan fingerprint density at radius 2 is 2.08 bits per heavy atom. The first-order valence-electron chi connectivity index (χ1n) is 5.09. The van der Waals surface area contributed by atoms with Crippen molar-refractivity contribution >= 4 is 5.78 Å². The molecule has 1 fully saturated rings. The van der Waals surface area contributed by atoms with E-state index < -0.39 is 5.60 Å². The molecule has 0 aromatic rings. The van der Waals surface area contributed by atoms with Crippen molar-refractivity contribution in [1.29, 1.82) is 0 Å². The molecule has 13 heavy (non-hydrogen) atoms. The minimum atomic E-state index is -0.634. The summed E-state index contributed by atoms with van der Waals surface area (Å²) in [5, 5.41) is 10.1. The lowest BCUT2D eigenvalue weighted by Gasteiger charge is -2.31. The number of ketones is 1. The zero-order chi connectivity index (χ0) is 10.2. The van der Waals surface area contributed by atoms with Gasteiger partial charge in [0, 0.05) is 5.92 Å². The molecule has 1 rings (SSSR count). The Morgan fingerprint density at radius 1 is 1.54 bits per heavy atom. The Labute approximate surface area is 80.3 Å². The van der Waals surface area contributed by atoms with Crippen molar-refractivity contribution in [2.45, 2.75) is 46.1 Å². The van der Waals surface area contributed by atoms with Gasteiger partial charge in [-0.3, -0.25) is 4.79 Å². The van der Waals surface area contributed by atoms with Crippen LogP contribution in [0.15, 0.2) is 0 Å². The second kappa shape index (κ2) is 3.41. The van der Waals surface area contributed by atoms with E-state index in [2.05, 4.69) is 13.8 Å². The van der Waals surface area contributed by atoms with Gasteiger partial charge in [0.1, 0.15) is 5.78 Å². The molecule has 3 atom stereocenters. The van der Waals surface area contributed by atoms with E-state index in [1.54, 1.807) is 6.92 Å². The van der Waals surface area contributed by atoms with Crippen molar-refractivity contribution in [3.8, 4) is 0 Å². The lowest BCUT2D eigenvalue weighted by molar-refractivity contribution is -0.124. The van der Waals surface area contributed by atoms with Crippen LogP contribution in [0.1, 0.15) is 40.5 Å². The van der Waals surface area contributed by atoms with Gasteiger partial charge in [-0.25, -0.2) is 0 Å². The van der Waals surface area contributed by atoms with Gasteiger partial charge in [-0.15, -0.1) is 0 Å². The standard InChI is InChI=1S/C11H20O2/c1-7(2)10-9(8(3)12)5-6-11(10,4)13/h7,9-10,13H,5-6H2,1-4H3/t9-,10-,11+/m0/s1. The SMILES string of the molecule is CC(=O)[C@@H]1CC[C@@](C)(O)[C@H]1C(C)C. The van der Waals surface area contributed by atoms with Crippen LogP contribution < -0.4 is 0 Å². The zero-order valence-electron chi connectivity index (χ0n) is 9.00. The molecule has 1 aliphatic carbocycles. The molecule has 2 nitrogen and oxygen atoms in total. The first-order valence-corrected chi connectivity index (χ1v) is 5.09. The van der Waals surface area contributed by atoms with Crippen molar-refractivity contribution in [3.05, 3.63) is 0 Å². The summed E-state index contributed by atoms with van der Waals surface area (Å²) in [6.07, 6.45) is 1.62. The van der Waals surface area contributed by atoms with Gasteiger partial charge >= 0.3 is 0 Å². The summed E-state index contributed by atoms with van der Waals surface area (Å²) in [6.45, 7) is 7.67. The quantitative estimate of drug-likeness (QED) is 0.712. The van der Waals surface area contributed by atoms with E-state index in [0.717, 1.165) is 12.8 Å². The second-order valence-electron chi connectivity index (χ2n) is 4.88. The number of carbonyl (C=O) groups excluding carboxylic acids is 1. The third-order valence-electron chi connectivity index (χ3n) is 3.35. The summed E-state index contributed by atoms with van der Waals surface area (Å²) in [5.41, 5.74) is -0.634. The van der Waals surface area contributed by atoms with Crippen LogP contribution in [0.5, 0.6) is 0 Å². The van der Waals surface area contributed by atoms with Crippen molar-refractivity contribution in [2.75, 3.05) is 0 Å². The van der Waals surface area contributed by atoms with E-state index in [0.29, 0.717) is 5.92 Å². The third-order valence-corrected chi connectivity index (χ3v) is 3.35. The second-order valence-corrected chi connectivity index (χ2v) is 4.88. The summed E-state index contributed by atoms with van der Waals surface area (Å²) in [6, 6.07) is 0. The maximum atomic E-state index is 11.3. The predicted molar refractivity (Wildman–Crippen MR) is 52.4 cm³/mol. The average molecular weight is 184 g/mol. The molecule has 0 amide bonds. The monoisotopic (exact) mass is 184 g/mol. The van der Waals surface area contributed by atoms with Crippen LogP contribution in [0.2, 0.25) is 0 Å². The summed E-state index contributed by atoms with van der Waals surface area (Å²) in [5.74, 6) is 0.836. The minimum Gasteiger partial charge on any atom is -0.390 e. The van der Waals surface area contributed by atoms with Gasteiger partial charge in [0.2, 0.25) is 0 Å². The summed E-state index contributed by atoms with van der Waals surface area (Å²) < 4.78 is 0. The van der Waals surface area contributed by atoms with Crippen LogP contribution in [0.25, 0.3) is 0 Å². The fourth-order valence-corrected chi connectivity index (χ4v) is 2.87. The third kappa shape index (κ3) is 1.93. The smallest absolute Gasteiger partial charge is 0.133 e. The number of aliphatic hydroxyl groups is 1. The molecular weight excluding hydrogens is 164 g/mol. The molecule has 0 bridgehead atoms. The fourth-order valence-electron chi connectivity index (χ4n) is 2.87. The van der Waals surface area contributed by atoms with Crippen molar-refractivity contribution in [3.63, 3.8) is 0 Å². The van der Waals surface area contributed by atoms with Crippen LogP contribution in [0.4, 0.5) is 0 Å².